The molecule has 2 amide bonds. The number of hydrogen-bond donors (Lipinski definition) is 3. The van der Waals surface area contributed by atoms with Crippen LogP contribution in [0.15, 0.2) is 48.8 Å². The van der Waals surface area contributed by atoms with Crippen molar-refractivity contribution in [2.24, 2.45) is 0 Å². The van der Waals surface area contributed by atoms with E-state index in [2.05, 4.69) is 30.8 Å². The molecule has 8 nitrogen and oxygen atoms in total. The van der Waals surface area contributed by atoms with Crippen LogP contribution in [-0.4, -0.2) is 32.0 Å². The molecule has 8 heteroatoms. The van der Waals surface area contributed by atoms with Crippen LogP contribution in [-0.2, 0) is 0 Å². The molecule has 0 fully saturated rings. The highest BCUT2D eigenvalue weighted by Gasteiger charge is 2.15. The number of benzene rings is 1. The maximum absolute atomic E-state index is 12.2. The molecule has 3 aromatic rings. The van der Waals surface area contributed by atoms with Gasteiger partial charge >= 0.3 is 6.03 Å². The van der Waals surface area contributed by atoms with Gasteiger partial charge in [0.2, 0.25) is 0 Å². The Bertz CT molecular complexity index is 922. The molecule has 2 aromatic heterocycles. The van der Waals surface area contributed by atoms with Crippen LogP contribution in [0.3, 0.4) is 0 Å². The highest BCUT2D eigenvalue weighted by molar-refractivity contribution is 5.96. The van der Waals surface area contributed by atoms with E-state index in [4.69, 9.17) is 0 Å². The second-order valence-electron chi connectivity index (χ2n) is 5.74. The Morgan fingerprint density at radius 1 is 1.19 bits per heavy atom. The van der Waals surface area contributed by atoms with E-state index in [-0.39, 0.29) is 11.8 Å². The number of aromatic nitrogens is 4. The van der Waals surface area contributed by atoms with Crippen molar-refractivity contribution in [3.05, 3.63) is 60.2 Å². The maximum atomic E-state index is 12.2. The Labute approximate surface area is 150 Å². The van der Waals surface area contributed by atoms with Crippen LogP contribution in [0.25, 0.3) is 11.4 Å². The summed E-state index contributed by atoms with van der Waals surface area (Å²) in [7, 11) is 0. The molecule has 0 spiro atoms. The van der Waals surface area contributed by atoms with Gasteiger partial charge in [-0.2, -0.15) is 5.10 Å². The summed E-state index contributed by atoms with van der Waals surface area (Å²) in [5, 5.41) is 12.4. The fourth-order valence-corrected chi connectivity index (χ4v) is 2.34. The lowest BCUT2D eigenvalue weighted by molar-refractivity contribution is 0.101. The van der Waals surface area contributed by atoms with Crippen LogP contribution in [0, 0.1) is 0 Å². The first-order valence-corrected chi connectivity index (χ1v) is 8.04. The Kier molecular flexibility index (Phi) is 5.02. The fraction of sp³-hybridized carbons (Fsp3) is 0.167. The van der Waals surface area contributed by atoms with Gasteiger partial charge in [-0.1, -0.05) is 12.1 Å². The van der Waals surface area contributed by atoms with Crippen molar-refractivity contribution in [1.82, 2.24) is 25.5 Å². The summed E-state index contributed by atoms with van der Waals surface area (Å²) in [5.74, 6) is 0.972. The van der Waals surface area contributed by atoms with E-state index in [0.29, 0.717) is 22.9 Å². The SMILES string of the molecule is CC(=O)c1cccc(NC(=O)NC(C)c2nc(-c3cccnc3)n[nH]2)c1. The predicted molar refractivity (Wildman–Crippen MR) is 96.6 cm³/mol. The van der Waals surface area contributed by atoms with Gasteiger partial charge in [0, 0.05) is 29.2 Å². The quantitative estimate of drug-likeness (QED) is 0.612. The van der Waals surface area contributed by atoms with E-state index in [1.165, 1.54) is 6.92 Å². The highest BCUT2D eigenvalue weighted by Crippen LogP contribution is 2.16. The molecule has 0 bridgehead atoms. The minimum Gasteiger partial charge on any atom is -0.328 e. The molecule has 2 heterocycles. The molecular formula is C18H18N6O2. The van der Waals surface area contributed by atoms with Gasteiger partial charge in [-0.3, -0.25) is 14.9 Å². The Morgan fingerprint density at radius 3 is 2.77 bits per heavy atom. The number of pyridine rings is 1. The van der Waals surface area contributed by atoms with Gasteiger partial charge in [-0.25, -0.2) is 9.78 Å². The molecule has 1 aromatic carbocycles. The number of Topliss-reactive ketones (excluding diaryl/α,β-unsaturated/α-hetero) is 1. The Hall–Kier alpha value is -3.55. The van der Waals surface area contributed by atoms with Gasteiger partial charge in [0.05, 0.1) is 6.04 Å². The van der Waals surface area contributed by atoms with Crippen molar-refractivity contribution in [2.75, 3.05) is 5.32 Å². The van der Waals surface area contributed by atoms with E-state index < -0.39 is 6.03 Å². The summed E-state index contributed by atoms with van der Waals surface area (Å²) in [6.45, 7) is 3.27. The lowest BCUT2D eigenvalue weighted by atomic mass is 10.1. The number of hydrogen-bond acceptors (Lipinski definition) is 5. The molecular weight excluding hydrogens is 332 g/mol. The van der Waals surface area contributed by atoms with Crippen molar-refractivity contribution in [2.45, 2.75) is 19.9 Å². The number of ketones is 1. The number of rotatable bonds is 5. The third-order valence-electron chi connectivity index (χ3n) is 3.71. The lowest BCUT2D eigenvalue weighted by Crippen LogP contribution is -2.31. The van der Waals surface area contributed by atoms with Crippen LogP contribution in [0.1, 0.15) is 36.1 Å². The first-order chi connectivity index (χ1) is 12.5. The van der Waals surface area contributed by atoms with Crippen molar-refractivity contribution >= 4 is 17.5 Å². The first-order valence-electron chi connectivity index (χ1n) is 8.04. The summed E-state index contributed by atoms with van der Waals surface area (Å²) in [5.41, 5.74) is 1.86. The topological polar surface area (TPSA) is 113 Å². The Morgan fingerprint density at radius 2 is 2.04 bits per heavy atom. The van der Waals surface area contributed by atoms with E-state index in [1.807, 2.05) is 6.07 Å². The summed E-state index contributed by atoms with van der Waals surface area (Å²) < 4.78 is 0. The molecule has 1 unspecified atom stereocenters. The number of urea groups is 1. The molecule has 3 N–H and O–H groups in total. The summed E-state index contributed by atoms with van der Waals surface area (Å²) >= 11 is 0. The average molecular weight is 350 g/mol. The zero-order valence-electron chi connectivity index (χ0n) is 14.4. The molecule has 0 aliphatic heterocycles. The van der Waals surface area contributed by atoms with Crippen molar-refractivity contribution < 1.29 is 9.59 Å². The number of carbonyl (C=O) groups is 2. The minimum atomic E-state index is -0.405. The number of carbonyl (C=O) groups excluding carboxylic acids is 2. The van der Waals surface area contributed by atoms with Crippen LogP contribution >= 0.6 is 0 Å². The normalized spacial score (nSPS) is 11.6. The minimum absolute atomic E-state index is 0.0629. The summed E-state index contributed by atoms with van der Waals surface area (Å²) in [4.78, 5) is 32.0. The van der Waals surface area contributed by atoms with E-state index >= 15 is 0 Å². The average Bonchev–Trinajstić information content (AvgIpc) is 3.13. The van der Waals surface area contributed by atoms with Gasteiger partial charge in [0.25, 0.3) is 0 Å². The molecule has 26 heavy (non-hydrogen) atoms. The molecule has 132 valence electrons. The smallest absolute Gasteiger partial charge is 0.319 e. The van der Waals surface area contributed by atoms with Crippen molar-refractivity contribution in [3.63, 3.8) is 0 Å². The molecule has 0 aliphatic rings. The maximum Gasteiger partial charge on any atom is 0.319 e. The number of nitrogens with one attached hydrogen (secondary N) is 3. The van der Waals surface area contributed by atoms with Gasteiger partial charge in [-0.05, 0) is 38.1 Å². The molecule has 0 saturated carbocycles. The third-order valence-corrected chi connectivity index (χ3v) is 3.71. The molecule has 1 atom stereocenters. The van der Waals surface area contributed by atoms with E-state index in [1.54, 1.807) is 49.6 Å². The summed E-state index contributed by atoms with van der Waals surface area (Å²) in [6, 6.07) is 9.62. The molecule has 0 aliphatic carbocycles. The monoisotopic (exact) mass is 350 g/mol. The third kappa shape index (κ3) is 4.10. The molecule has 3 rings (SSSR count). The second kappa shape index (κ2) is 7.56. The molecule has 0 saturated heterocycles. The van der Waals surface area contributed by atoms with Crippen LogP contribution in [0.5, 0.6) is 0 Å². The number of nitrogens with zero attached hydrogens (tertiary/aromatic N) is 3. The predicted octanol–water partition coefficient (Wildman–Crippen LogP) is 2.95. The zero-order chi connectivity index (χ0) is 18.5. The second-order valence-corrected chi connectivity index (χ2v) is 5.74. The fourth-order valence-electron chi connectivity index (χ4n) is 2.34. The van der Waals surface area contributed by atoms with E-state index in [9.17, 15) is 9.59 Å². The first kappa shape index (κ1) is 17.3. The largest absolute Gasteiger partial charge is 0.328 e. The zero-order valence-corrected chi connectivity index (χ0v) is 14.4. The van der Waals surface area contributed by atoms with Crippen LogP contribution < -0.4 is 10.6 Å². The van der Waals surface area contributed by atoms with Crippen molar-refractivity contribution in [1.29, 1.82) is 0 Å². The van der Waals surface area contributed by atoms with Crippen LogP contribution in [0.4, 0.5) is 10.5 Å². The standard InChI is InChI=1S/C18H18N6O2/c1-11(16-22-17(24-23-16)14-6-4-8-19-10-14)20-18(26)21-15-7-3-5-13(9-15)12(2)25/h3-11H,1-2H3,(H2,20,21,26)(H,22,23,24). The summed E-state index contributed by atoms with van der Waals surface area (Å²) in [6.07, 6.45) is 3.34. The van der Waals surface area contributed by atoms with Gasteiger partial charge in [-0.15, -0.1) is 0 Å². The number of amides is 2. The Balaban J connectivity index is 1.64. The number of anilines is 1. The van der Waals surface area contributed by atoms with E-state index in [0.717, 1.165) is 5.56 Å². The number of H-pyrrole nitrogens is 1. The highest BCUT2D eigenvalue weighted by atomic mass is 16.2. The van der Waals surface area contributed by atoms with Gasteiger partial charge < -0.3 is 10.6 Å². The number of aromatic amines is 1. The van der Waals surface area contributed by atoms with Crippen LogP contribution in [0.2, 0.25) is 0 Å². The van der Waals surface area contributed by atoms with Gasteiger partial charge in [0.1, 0.15) is 5.82 Å². The van der Waals surface area contributed by atoms with Crippen molar-refractivity contribution in [3.8, 4) is 11.4 Å². The molecule has 0 radical (unpaired) electrons. The van der Waals surface area contributed by atoms with Gasteiger partial charge in [0.15, 0.2) is 11.6 Å². The lowest BCUT2D eigenvalue weighted by Gasteiger charge is -2.12.